The van der Waals surface area contributed by atoms with Gasteiger partial charge in [-0.15, -0.1) is 0 Å². The Morgan fingerprint density at radius 3 is 1.36 bits per heavy atom. The number of ether oxygens (including phenoxy) is 4. The van der Waals surface area contributed by atoms with E-state index in [1.54, 1.807) is 50.6 Å². The molecule has 36 heavy (non-hydrogen) atoms. The van der Waals surface area contributed by atoms with Gasteiger partial charge in [0, 0.05) is 12.2 Å². The number of benzene rings is 2. The number of carbonyl (C=O) groups is 2. The van der Waals surface area contributed by atoms with Crippen LogP contribution in [0.3, 0.4) is 0 Å². The Morgan fingerprint density at radius 2 is 1.03 bits per heavy atom. The van der Waals surface area contributed by atoms with Crippen molar-refractivity contribution in [3.05, 3.63) is 95.5 Å². The van der Waals surface area contributed by atoms with Crippen LogP contribution in [0.5, 0.6) is 11.5 Å². The van der Waals surface area contributed by atoms with Crippen LogP contribution >= 0.6 is 0 Å². The Morgan fingerprint density at radius 1 is 0.667 bits per heavy atom. The first-order valence-corrected chi connectivity index (χ1v) is 11.2. The average molecular weight is 488 g/mol. The first-order chi connectivity index (χ1) is 17.3. The van der Waals surface area contributed by atoms with Crippen LogP contribution in [-0.4, -0.2) is 59.4 Å². The van der Waals surface area contributed by atoms with Crippen LogP contribution in [0.25, 0.3) is 12.2 Å². The number of rotatable bonds is 6. The number of methoxy groups -OCH3 is 2. The van der Waals surface area contributed by atoms with Gasteiger partial charge in [0.25, 0.3) is 0 Å². The first kappa shape index (κ1) is 23.6. The highest BCUT2D eigenvalue weighted by atomic mass is 16.6. The largest absolute Gasteiger partial charge is 0.497 e. The molecule has 0 amide bonds. The zero-order valence-corrected chi connectivity index (χ0v) is 19.6. The zero-order chi connectivity index (χ0) is 25.5. The molecule has 184 valence electrons. The number of allylic oxidation sites excluding steroid dienone is 2. The lowest BCUT2D eigenvalue weighted by Gasteiger charge is -2.60. The molecule has 2 N–H and O–H groups in total. The van der Waals surface area contributed by atoms with Crippen molar-refractivity contribution in [3.8, 4) is 11.5 Å². The van der Waals surface area contributed by atoms with Gasteiger partial charge in [-0.2, -0.15) is 0 Å². The van der Waals surface area contributed by atoms with Gasteiger partial charge >= 0.3 is 0 Å². The minimum atomic E-state index is -2.20. The highest BCUT2D eigenvalue weighted by molar-refractivity contribution is 6.09. The van der Waals surface area contributed by atoms with Crippen molar-refractivity contribution in [2.24, 2.45) is 0 Å². The molecule has 1 saturated carbocycles. The minimum Gasteiger partial charge on any atom is -0.497 e. The predicted octanol–water partition coefficient (Wildman–Crippen LogP) is 2.61. The fourth-order valence-electron chi connectivity index (χ4n) is 4.52. The van der Waals surface area contributed by atoms with Gasteiger partial charge in [0.15, 0.2) is 23.8 Å². The fourth-order valence-corrected chi connectivity index (χ4v) is 4.52. The van der Waals surface area contributed by atoms with E-state index in [9.17, 15) is 19.8 Å². The summed E-state index contributed by atoms with van der Waals surface area (Å²) in [4.78, 5) is 25.8. The van der Waals surface area contributed by atoms with Crippen LogP contribution in [-0.2, 0) is 19.1 Å². The molecule has 2 aromatic carbocycles. The van der Waals surface area contributed by atoms with Gasteiger partial charge in [0.1, 0.15) is 23.0 Å². The van der Waals surface area contributed by atoms with Gasteiger partial charge in [-0.3, -0.25) is 9.59 Å². The summed E-state index contributed by atoms with van der Waals surface area (Å²) in [6.45, 7) is 0. The second-order valence-electron chi connectivity index (χ2n) is 8.68. The second kappa shape index (κ2) is 8.82. The monoisotopic (exact) mass is 488 g/mol. The third-order valence-electron chi connectivity index (χ3n) is 6.55. The van der Waals surface area contributed by atoms with E-state index in [-0.39, 0.29) is 11.5 Å². The number of hydrogen-bond donors (Lipinski definition) is 2. The van der Waals surface area contributed by atoms with E-state index >= 15 is 0 Å². The SMILES string of the molecule is COc1ccc(/C=C/C2=CC(=O)C3(O)C(O2)C2(O)C(=O)C=C(/C=C/c4ccc(OC)cc4)OC32)cc1. The Hall–Kier alpha value is -4.14. The molecule has 8 nitrogen and oxygen atoms in total. The Kier molecular flexibility index (Phi) is 5.78. The van der Waals surface area contributed by atoms with Crippen LogP contribution in [0.2, 0.25) is 0 Å². The molecule has 0 spiro atoms. The molecule has 0 radical (unpaired) electrons. The molecule has 5 rings (SSSR count). The number of hydrogen-bond acceptors (Lipinski definition) is 8. The third kappa shape index (κ3) is 3.71. The molecule has 0 unspecified atom stereocenters. The van der Waals surface area contributed by atoms with E-state index in [0.29, 0.717) is 11.5 Å². The second-order valence-corrected chi connectivity index (χ2v) is 8.68. The van der Waals surface area contributed by atoms with Crippen molar-refractivity contribution in [3.63, 3.8) is 0 Å². The number of fused-ring (bicyclic) bond motifs is 4. The summed E-state index contributed by atoms with van der Waals surface area (Å²) in [5.74, 6) is 0.196. The van der Waals surface area contributed by atoms with Crippen LogP contribution in [0.15, 0.2) is 84.4 Å². The number of carbonyl (C=O) groups excluding carboxylic acids is 2. The Bertz CT molecular complexity index is 1200. The van der Waals surface area contributed by atoms with Crippen LogP contribution in [0.1, 0.15) is 11.1 Å². The van der Waals surface area contributed by atoms with Gasteiger partial charge in [0.05, 0.1) is 14.2 Å². The molecule has 8 heteroatoms. The normalized spacial score (nSPS) is 28.9. The third-order valence-corrected chi connectivity index (χ3v) is 6.55. The lowest BCUT2D eigenvalue weighted by Crippen LogP contribution is -2.88. The summed E-state index contributed by atoms with van der Waals surface area (Å²) in [5, 5.41) is 22.3. The van der Waals surface area contributed by atoms with Crippen LogP contribution < -0.4 is 9.47 Å². The average Bonchev–Trinajstić information content (AvgIpc) is 2.90. The lowest BCUT2D eigenvalue weighted by atomic mass is 9.56. The van der Waals surface area contributed by atoms with Crippen molar-refractivity contribution in [2.45, 2.75) is 23.4 Å². The highest BCUT2D eigenvalue weighted by Crippen LogP contribution is 2.53. The van der Waals surface area contributed by atoms with E-state index < -0.39 is 35.0 Å². The summed E-state index contributed by atoms with van der Waals surface area (Å²) < 4.78 is 21.7. The summed E-state index contributed by atoms with van der Waals surface area (Å²) in [6.07, 6.45) is 5.72. The molecule has 0 aromatic heterocycles. The van der Waals surface area contributed by atoms with E-state index in [2.05, 4.69) is 0 Å². The van der Waals surface area contributed by atoms with E-state index in [1.165, 1.54) is 12.2 Å². The standard InChI is InChI=1S/C28H24O8/c1-33-19-9-3-17(4-10-19)7-13-21-15-23(29)27(31)25(35-21)28(32)24(30)16-22(36-26(27)28)14-8-18-5-11-20(34-2)12-6-18/h3-16,25-26,31-32H,1-2H3/b13-7+,14-8+. The molecule has 1 aliphatic carbocycles. The predicted molar refractivity (Wildman–Crippen MR) is 130 cm³/mol. The maximum atomic E-state index is 12.9. The van der Waals surface area contributed by atoms with Crippen molar-refractivity contribution in [2.75, 3.05) is 14.2 Å². The molecule has 2 heterocycles. The van der Waals surface area contributed by atoms with Crippen molar-refractivity contribution in [1.29, 1.82) is 0 Å². The quantitative estimate of drug-likeness (QED) is 0.639. The van der Waals surface area contributed by atoms with Crippen LogP contribution in [0.4, 0.5) is 0 Å². The topological polar surface area (TPSA) is 112 Å². The van der Waals surface area contributed by atoms with Crippen LogP contribution in [0, 0.1) is 0 Å². The lowest BCUT2D eigenvalue weighted by molar-refractivity contribution is -0.317. The molecule has 0 atom stereocenters. The van der Waals surface area contributed by atoms with Gasteiger partial charge in [0.2, 0.25) is 11.2 Å². The Labute approximate surface area is 207 Å². The maximum absolute atomic E-state index is 12.9. The molecular weight excluding hydrogens is 464 g/mol. The molecule has 2 aromatic rings. The molecule has 0 bridgehead atoms. The smallest absolute Gasteiger partial charge is 0.208 e. The Balaban J connectivity index is 1.35. The number of aliphatic hydroxyl groups is 2. The van der Waals surface area contributed by atoms with Crippen molar-refractivity contribution in [1.82, 2.24) is 0 Å². The van der Waals surface area contributed by atoms with Gasteiger partial charge in [-0.1, -0.05) is 36.4 Å². The van der Waals surface area contributed by atoms with Gasteiger partial charge in [-0.05, 0) is 47.5 Å². The zero-order valence-electron chi connectivity index (χ0n) is 19.6. The van der Waals surface area contributed by atoms with Gasteiger partial charge in [-0.25, -0.2) is 0 Å². The van der Waals surface area contributed by atoms with Crippen molar-refractivity contribution < 1.29 is 38.7 Å². The summed E-state index contributed by atoms with van der Waals surface area (Å²) in [7, 11) is 3.14. The minimum absolute atomic E-state index is 0.111. The molecule has 1 fully saturated rings. The maximum Gasteiger partial charge on any atom is 0.208 e. The summed E-state index contributed by atoms with van der Waals surface area (Å²) >= 11 is 0. The molecule has 0 saturated heterocycles. The molecule has 2 aliphatic heterocycles. The van der Waals surface area contributed by atoms with Gasteiger partial charge < -0.3 is 29.2 Å². The summed E-state index contributed by atoms with van der Waals surface area (Å²) in [6, 6.07) is 14.4. The fraction of sp³-hybridized carbons (Fsp3) is 0.214. The molecule has 3 aliphatic rings. The van der Waals surface area contributed by atoms with Crippen molar-refractivity contribution >= 4 is 23.7 Å². The van der Waals surface area contributed by atoms with E-state index in [4.69, 9.17) is 18.9 Å². The van der Waals surface area contributed by atoms with E-state index in [0.717, 1.165) is 23.3 Å². The molecular formula is C28H24O8. The van der Waals surface area contributed by atoms with E-state index in [1.807, 2.05) is 24.3 Å². The number of ketones is 2. The summed E-state index contributed by atoms with van der Waals surface area (Å²) in [5.41, 5.74) is -2.77. The highest BCUT2D eigenvalue weighted by Gasteiger charge is 2.81. The first-order valence-electron chi connectivity index (χ1n) is 11.2.